The van der Waals surface area contributed by atoms with E-state index in [4.69, 9.17) is 4.74 Å². The fraction of sp³-hybridized carbons (Fsp3) is 0.333. The minimum Gasteiger partial charge on any atom is -0.452 e. The van der Waals surface area contributed by atoms with Crippen molar-refractivity contribution in [2.75, 3.05) is 11.9 Å². The third-order valence-corrected chi connectivity index (χ3v) is 6.65. The summed E-state index contributed by atoms with van der Waals surface area (Å²) in [5, 5.41) is 4.41. The van der Waals surface area contributed by atoms with Crippen LogP contribution in [0.2, 0.25) is 0 Å². The monoisotopic (exact) mass is 410 g/mol. The van der Waals surface area contributed by atoms with E-state index < -0.39 is 28.0 Å². The molecule has 0 unspecified atom stereocenters. The van der Waals surface area contributed by atoms with Gasteiger partial charge < -0.3 is 10.1 Å². The number of benzene rings is 1. The van der Waals surface area contributed by atoms with Crippen LogP contribution in [0.4, 0.5) is 5.69 Å². The molecule has 2 rings (SSSR count). The van der Waals surface area contributed by atoms with Crippen molar-refractivity contribution in [2.24, 2.45) is 0 Å². The summed E-state index contributed by atoms with van der Waals surface area (Å²) in [4.78, 5) is 24.1. The van der Waals surface area contributed by atoms with Crippen LogP contribution in [-0.4, -0.2) is 32.9 Å². The molecule has 0 aliphatic heterocycles. The SMILES string of the molecule is Cc1cccc(C)c1NC(=O)[C@H](C)OC(=O)CCNS(=O)(=O)c1cccs1. The summed E-state index contributed by atoms with van der Waals surface area (Å²) < 4.78 is 31.5. The molecular formula is C18H22N2O5S2. The van der Waals surface area contributed by atoms with Crippen LogP contribution in [0.3, 0.4) is 0 Å². The lowest BCUT2D eigenvalue weighted by molar-refractivity contribution is -0.152. The molecule has 0 radical (unpaired) electrons. The number of hydrogen-bond acceptors (Lipinski definition) is 6. The zero-order valence-electron chi connectivity index (χ0n) is 15.3. The third kappa shape index (κ3) is 5.88. The molecule has 9 heteroatoms. The van der Waals surface area contributed by atoms with Crippen LogP contribution in [0.15, 0.2) is 39.9 Å². The number of carbonyl (C=O) groups is 2. The van der Waals surface area contributed by atoms with Crippen molar-refractivity contribution in [1.29, 1.82) is 0 Å². The number of nitrogens with one attached hydrogen (secondary N) is 2. The van der Waals surface area contributed by atoms with E-state index >= 15 is 0 Å². The average molecular weight is 411 g/mol. The Morgan fingerprint density at radius 3 is 2.41 bits per heavy atom. The first-order chi connectivity index (χ1) is 12.7. The van der Waals surface area contributed by atoms with Crippen LogP contribution in [0.25, 0.3) is 0 Å². The third-order valence-electron chi connectivity index (χ3n) is 3.79. The number of esters is 1. The summed E-state index contributed by atoms with van der Waals surface area (Å²) in [6.45, 7) is 5.11. The predicted molar refractivity (Wildman–Crippen MR) is 104 cm³/mol. The van der Waals surface area contributed by atoms with Crippen LogP contribution in [0.1, 0.15) is 24.5 Å². The second-order valence-electron chi connectivity index (χ2n) is 5.97. The molecule has 1 amide bonds. The van der Waals surface area contributed by atoms with Gasteiger partial charge in [-0.1, -0.05) is 24.3 Å². The van der Waals surface area contributed by atoms with Gasteiger partial charge in [0.1, 0.15) is 4.21 Å². The van der Waals surface area contributed by atoms with E-state index in [1.807, 2.05) is 32.0 Å². The van der Waals surface area contributed by atoms with Gasteiger partial charge in [-0.05, 0) is 43.3 Å². The Balaban J connectivity index is 1.82. The molecule has 146 valence electrons. The van der Waals surface area contributed by atoms with Crippen molar-refractivity contribution in [2.45, 2.75) is 37.5 Å². The molecule has 27 heavy (non-hydrogen) atoms. The number of anilines is 1. The van der Waals surface area contributed by atoms with E-state index in [1.165, 1.54) is 13.0 Å². The molecule has 1 heterocycles. The fourth-order valence-corrected chi connectivity index (χ4v) is 4.39. The molecule has 2 N–H and O–H groups in total. The first-order valence-electron chi connectivity index (χ1n) is 8.30. The summed E-state index contributed by atoms with van der Waals surface area (Å²) in [6, 6.07) is 8.74. The van der Waals surface area contributed by atoms with Gasteiger partial charge in [-0.15, -0.1) is 11.3 Å². The Labute approximate surface area is 162 Å². The topological polar surface area (TPSA) is 102 Å². The predicted octanol–water partition coefficient (Wildman–Crippen LogP) is 2.60. The lowest BCUT2D eigenvalue weighted by Crippen LogP contribution is -2.32. The average Bonchev–Trinajstić information content (AvgIpc) is 3.13. The first-order valence-corrected chi connectivity index (χ1v) is 10.7. The van der Waals surface area contributed by atoms with Gasteiger partial charge in [-0.3, -0.25) is 9.59 Å². The zero-order chi connectivity index (χ0) is 20.0. The van der Waals surface area contributed by atoms with Gasteiger partial charge in [0, 0.05) is 12.2 Å². The van der Waals surface area contributed by atoms with E-state index in [0.717, 1.165) is 22.5 Å². The van der Waals surface area contributed by atoms with Crippen molar-refractivity contribution in [1.82, 2.24) is 4.72 Å². The summed E-state index contributed by atoms with van der Waals surface area (Å²) >= 11 is 1.09. The zero-order valence-corrected chi connectivity index (χ0v) is 16.9. The second-order valence-corrected chi connectivity index (χ2v) is 8.91. The molecule has 0 bridgehead atoms. The second kappa shape index (κ2) is 9.12. The highest BCUT2D eigenvalue weighted by Crippen LogP contribution is 2.20. The smallest absolute Gasteiger partial charge is 0.307 e. The number of ether oxygens (including phenoxy) is 1. The molecule has 7 nitrogen and oxygen atoms in total. The number of rotatable bonds is 8. The Morgan fingerprint density at radius 2 is 1.81 bits per heavy atom. The Bertz CT molecular complexity index is 888. The van der Waals surface area contributed by atoms with E-state index in [2.05, 4.69) is 10.0 Å². The number of amides is 1. The largest absolute Gasteiger partial charge is 0.452 e. The Hall–Kier alpha value is -2.23. The van der Waals surface area contributed by atoms with E-state index in [-0.39, 0.29) is 17.2 Å². The summed E-state index contributed by atoms with van der Waals surface area (Å²) in [6.07, 6.45) is -1.17. The van der Waals surface area contributed by atoms with Crippen LogP contribution in [0.5, 0.6) is 0 Å². The maximum atomic E-state index is 12.2. The molecule has 0 fully saturated rings. The lowest BCUT2D eigenvalue weighted by Gasteiger charge is -2.16. The molecule has 2 aromatic rings. The molecule has 0 aliphatic rings. The normalized spacial score (nSPS) is 12.4. The molecular weight excluding hydrogens is 388 g/mol. The van der Waals surface area contributed by atoms with Gasteiger partial charge in [-0.25, -0.2) is 13.1 Å². The van der Waals surface area contributed by atoms with Crippen LogP contribution in [-0.2, 0) is 24.3 Å². The van der Waals surface area contributed by atoms with Crippen LogP contribution >= 0.6 is 11.3 Å². The fourth-order valence-electron chi connectivity index (χ4n) is 2.32. The minimum atomic E-state index is -3.63. The van der Waals surface area contributed by atoms with Crippen molar-refractivity contribution < 1.29 is 22.7 Å². The van der Waals surface area contributed by atoms with Gasteiger partial charge in [0.05, 0.1) is 6.42 Å². The standard InChI is InChI=1S/C18H22N2O5S2/c1-12-6-4-7-13(2)17(12)20-18(22)14(3)25-15(21)9-10-19-27(23,24)16-8-5-11-26-16/h4-8,11,14,19H,9-10H2,1-3H3,(H,20,22)/t14-/m0/s1. The van der Waals surface area contributed by atoms with E-state index in [9.17, 15) is 18.0 Å². The highest BCUT2D eigenvalue weighted by Gasteiger charge is 2.20. The summed E-state index contributed by atoms with van der Waals surface area (Å²) in [5.74, 6) is -1.10. The van der Waals surface area contributed by atoms with Gasteiger partial charge in [0.2, 0.25) is 10.0 Å². The minimum absolute atomic E-state index is 0.107. The van der Waals surface area contributed by atoms with Gasteiger partial charge in [0.15, 0.2) is 6.10 Å². The maximum absolute atomic E-state index is 12.2. The highest BCUT2D eigenvalue weighted by molar-refractivity contribution is 7.91. The van der Waals surface area contributed by atoms with Crippen molar-refractivity contribution >= 4 is 38.9 Å². The number of carbonyl (C=O) groups excluding carboxylic acids is 2. The van der Waals surface area contributed by atoms with Crippen LogP contribution < -0.4 is 10.0 Å². The number of hydrogen-bond donors (Lipinski definition) is 2. The Kier molecular flexibility index (Phi) is 7.11. The lowest BCUT2D eigenvalue weighted by atomic mass is 10.1. The summed E-state index contributed by atoms with van der Waals surface area (Å²) in [5.41, 5.74) is 2.50. The number of para-hydroxylation sites is 1. The molecule has 0 aliphatic carbocycles. The van der Waals surface area contributed by atoms with E-state index in [1.54, 1.807) is 11.4 Å². The van der Waals surface area contributed by atoms with Gasteiger partial charge >= 0.3 is 5.97 Å². The van der Waals surface area contributed by atoms with Crippen molar-refractivity contribution in [3.8, 4) is 0 Å². The molecule has 0 saturated heterocycles. The first kappa shape index (κ1) is 21.1. The summed E-state index contributed by atoms with van der Waals surface area (Å²) in [7, 11) is -3.63. The number of thiophene rings is 1. The highest BCUT2D eigenvalue weighted by atomic mass is 32.2. The molecule has 0 saturated carbocycles. The quantitative estimate of drug-likeness (QED) is 0.652. The Morgan fingerprint density at radius 1 is 1.15 bits per heavy atom. The molecule has 1 aromatic heterocycles. The van der Waals surface area contributed by atoms with Gasteiger partial charge in [-0.2, -0.15) is 0 Å². The molecule has 1 aromatic carbocycles. The van der Waals surface area contributed by atoms with Crippen LogP contribution in [0, 0.1) is 13.8 Å². The number of sulfonamides is 1. The van der Waals surface area contributed by atoms with Crippen molar-refractivity contribution in [3.63, 3.8) is 0 Å². The molecule has 1 atom stereocenters. The number of aryl methyl sites for hydroxylation is 2. The molecule has 0 spiro atoms. The van der Waals surface area contributed by atoms with Gasteiger partial charge in [0.25, 0.3) is 5.91 Å². The van der Waals surface area contributed by atoms with E-state index in [0.29, 0.717) is 5.69 Å². The maximum Gasteiger partial charge on any atom is 0.307 e. The van der Waals surface area contributed by atoms with Crippen molar-refractivity contribution in [3.05, 3.63) is 46.8 Å².